The molecule has 68 valence electrons. The van der Waals surface area contributed by atoms with Crippen LogP contribution in [-0.4, -0.2) is 49.1 Å². The minimum absolute atomic E-state index is 1.02. The summed E-state index contributed by atoms with van der Waals surface area (Å²) in [5.41, 5.74) is 0. The highest BCUT2D eigenvalue weighted by molar-refractivity contribution is 5.23. The molecule has 0 aromatic carbocycles. The van der Waals surface area contributed by atoms with Crippen molar-refractivity contribution in [3.05, 3.63) is 0 Å². The molecule has 0 bridgehead atoms. The highest BCUT2D eigenvalue weighted by Crippen LogP contribution is 2.69. The number of hydrogen-bond donors (Lipinski definition) is 0. The summed E-state index contributed by atoms with van der Waals surface area (Å²) < 4.78 is 0. The number of likely N-dealkylation sites (N-methyl/N-ethyl adjacent to an activating group) is 1. The highest BCUT2D eigenvalue weighted by Gasteiger charge is 2.72. The molecule has 3 fully saturated rings. The third-order valence-corrected chi connectivity index (χ3v) is 4.13. The molecule has 2 heteroatoms. The van der Waals surface area contributed by atoms with Crippen LogP contribution in [0.1, 0.15) is 6.92 Å². The molecule has 1 aliphatic heterocycles. The first-order chi connectivity index (χ1) is 5.79. The van der Waals surface area contributed by atoms with Gasteiger partial charge in [-0.05, 0) is 24.8 Å². The smallest absolute Gasteiger partial charge is 0.0165 e. The molecular weight excluding hydrogens is 148 g/mol. The van der Waals surface area contributed by atoms with E-state index in [9.17, 15) is 0 Å². The van der Waals surface area contributed by atoms with Crippen molar-refractivity contribution in [1.29, 1.82) is 0 Å². The predicted octanol–water partition coefficient (Wildman–Crippen LogP) is 0.498. The molecule has 2 nitrogen and oxygen atoms in total. The normalized spacial score (nSPS) is 53.5. The van der Waals surface area contributed by atoms with Crippen molar-refractivity contribution < 1.29 is 0 Å². The van der Waals surface area contributed by atoms with Crippen LogP contribution in [0.15, 0.2) is 0 Å². The molecule has 0 radical (unpaired) electrons. The second kappa shape index (κ2) is 2.24. The van der Waals surface area contributed by atoms with Crippen LogP contribution >= 0.6 is 0 Å². The zero-order valence-electron chi connectivity index (χ0n) is 8.03. The summed E-state index contributed by atoms with van der Waals surface area (Å²) in [6.07, 6.45) is 0. The molecule has 0 spiro atoms. The molecule has 2 unspecified atom stereocenters. The molecule has 0 aromatic rings. The molecule has 1 saturated heterocycles. The number of piperazine rings is 1. The second-order valence-corrected chi connectivity index (χ2v) is 4.84. The van der Waals surface area contributed by atoms with Gasteiger partial charge in [-0.1, -0.05) is 6.92 Å². The Labute approximate surface area is 74.5 Å². The summed E-state index contributed by atoms with van der Waals surface area (Å²) in [6.45, 7) is 7.61. The van der Waals surface area contributed by atoms with Gasteiger partial charge in [-0.25, -0.2) is 0 Å². The van der Waals surface area contributed by atoms with E-state index in [0.29, 0.717) is 0 Å². The molecule has 0 aromatic heterocycles. The van der Waals surface area contributed by atoms with Gasteiger partial charge in [-0.3, -0.25) is 4.90 Å². The van der Waals surface area contributed by atoms with Crippen LogP contribution in [0.2, 0.25) is 0 Å². The Morgan fingerprint density at radius 1 is 1.00 bits per heavy atom. The summed E-state index contributed by atoms with van der Waals surface area (Å²) in [7, 11) is 2.23. The van der Waals surface area contributed by atoms with Crippen LogP contribution in [0.3, 0.4) is 0 Å². The van der Waals surface area contributed by atoms with Crippen molar-refractivity contribution in [3.8, 4) is 0 Å². The van der Waals surface area contributed by atoms with Crippen molar-refractivity contribution in [2.24, 2.45) is 17.8 Å². The maximum absolute atomic E-state index is 2.72. The lowest BCUT2D eigenvalue weighted by molar-refractivity contribution is 0.121. The SMILES string of the molecule is CC1C2C1C2N1CCN(C)CC1. The maximum atomic E-state index is 2.72. The lowest BCUT2D eigenvalue weighted by Crippen LogP contribution is -2.47. The lowest BCUT2D eigenvalue weighted by Gasteiger charge is -2.34. The molecule has 1 heterocycles. The van der Waals surface area contributed by atoms with E-state index in [0.717, 1.165) is 23.8 Å². The topological polar surface area (TPSA) is 6.48 Å². The van der Waals surface area contributed by atoms with E-state index in [1.807, 2.05) is 0 Å². The zero-order valence-corrected chi connectivity index (χ0v) is 8.03. The molecule has 0 N–H and O–H groups in total. The Balaban J connectivity index is 1.53. The maximum Gasteiger partial charge on any atom is 0.0165 e. The van der Waals surface area contributed by atoms with Crippen LogP contribution in [0, 0.1) is 17.8 Å². The molecule has 12 heavy (non-hydrogen) atoms. The fourth-order valence-corrected chi connectivity index (χ4v) is 2.95. The third-order valence-electron chi connectivity index (χ3n) is 4.13. The molecule has 2 saturated carbocycles. The van der Waals surface area contributed by atoms with Crippen molar-refractivity contribution in [2.45, 2.75) is 13.0 Å². The first kappa shape index (κ1) is 7.34. The van der Waals surface area contributed by atoms with E-state index in [4.69, 9.17) is 0 Å². The van der Waals surface area contributed by atoms with Gasteiger partial charge in [0.15, 0.2) is 0 Å². The summed E-state index contributed by atoms with van der Waals surface area (Å²) in [6, 6.07) is 1.02. The van der Waals surface area contributed by atoms with E-state index < -0.39 is 0 Å². The van der Waals surface area contributed by atoms with Gasteiger partial charge in [0.25, 0.3) is 0 Å². The van der Waals surface area contributed by atoms with Gasteiger partial charge in [-0.15, -0.1) is 0 Å². The standard InChI is InChI=1S/C10H18N2/c1-7-8-9(7)10(8)12-5-3-11(2)4-6-12/h7-10H,3-6H2,1-2H3. The molecule has 0 amide bonds. The van der Waals surface area contributed by atoms with Gasteiger partial charge in [0.2, 0.25) is 0 Å². The van der Waals surface area contributed by atoms with E-state index in [-0.39, 0.29) is 0 Å². The van der Waals surface area contributed by atoms with Gasteiger partial charge in [0.1, 0.15) is 0 Å². The zero-order chi connectivity index (χ0) is 8.29. The lowest BCUT2D eigenvalue weighted by atomic mass is 10.1. The minimum Gasteiger partial charge on any atom is -0.304 e. The summed E-state index contributed by atoms with van der Waals surface area (Å²) in [5.74, 6) is 3.32. The second-order valence-electron chi connectivity index (χ2n) is 4.84. The monoisotopic (exact) mass is 166 g/mol. The van der Waals surface area contributed by atoms with Crippen molar-refractivity contribution in [2.75, 3.05) is 33.2 Å². The van der Waals surface area contributed by atoms with Crippen molar-refractivity contribution in [3.63, 3.8) is 0 Å². The van der Waals surface area contributed by atoms with Crippen LogP contribution < -0.4 is 0 Å². The van der Waals surface area contributed by atoms with Gasteiger partial charge < -0.3 is 4.90 Å². The molecular formula is C10H18N2. The predicted molar refractivity (Wildman–Crippen MR) is 49.0 cm³/mol. The third kappa shape index (κ3) is 0.882. The molecule has 2 atom stereocenters. The summed E-state index contributed by atoms with van der Waals surface area (Å²) >= 11 is 0. The Bertz CT molecular complexity index is 186. The molecule has 3 rings (SSSR count). The fourth-order valence-electron chi connectivity index (χ4n) is 2.95. The first-order valence-electron chi connectivity index (χ1n) is 5.21. The number of rotatable bonds is 1. The van der Waals surface area contributed by atoms with Gasteiger partial charge in [0, 0.05) is 32.2 Å². The quantitative estimate of drug-likeness (QED) is 0.559. The van der Waals surface area contributed by atoms with Gasteiger partial charge in [0.05, 0.1) is 0 Å². The number of nitrogens with zero attached hydrogens (tertiary/aromatic N) is 2. The Hall–Kier alpha value is -0.0800. The Kier molecular flexibility index (Phi) is 1.37. The highest BCUT2D eigenvalue weighted by atomic mass is 15.3. The van der Waals surface area contributed by atoms with E-state index in [1.165, 1.54) is 26.2 Å². The fraction of sp³-hybridized carbons (Fsp3) is 1.00. The largest absolute Gasteiger partial charge is 0.304 e. The first-order valence-corrected chi connectivity index (χ1v) is 5.21. The minimum atomic E-state index is 1.02. The van der Waals surface area contributed by atoms with E-state index in [1.54, 1.807) is 0 Å². The van der Waals surface area contributed by atoms with Gasteiger partial charge in [-0.2, -0.15) is 0 Å². The van der Waals surface area contributed by atoms with Crippen LogP contribution in [-0.2, 0) is 0 Å². The number of fused-ring (bicyclic) bond motifs is 1. The summed E-state index contributed by atoms with van der Waals surface area (Å²) in [5, 5.41) is 0. The Morgan fingerprint density at radius 3 is 2.08 bits per heavy atom. The number of hydrogen-bond acceptors (Lipinski definition) is 2. The van der Waals surface area contributed by atoms with E-state index in [2.05, 4.69) is 23.8 Å². The van der Waals surface area contributed by atoms with Crippen molar-refractivity contribution in [1.82, 2.24) is 9.80 Å². The van der Waals surface area contributed by atoms with Crippen LogP contribution in [0.5, 0.6) is 0 Å². The average Bonchev–Trinajstić information content (AvgIpc) is 2.93. The van der Waals surface area contributed by atoms with Crippen LogP contribution in [0.25, 0.3) is 0 Å². The Morgan fingerprint density at radius 2 is 1.58 bits per heavy atom. The van der Waals surface area contributed by atoms with Crippen LogP contribution in [0.4, 0.5) is 0 Å². The molecule has 3 aliphatic rings. The molecule has 2 aliphatic carbocycles. The van der Waals surface area contributed by atoms with Gasteiger partial charge >= 0.3 is 0 Å². The van der Waals surface area contributed by atoms with Crippen molar-refractivity contribution >= 4 is 0 Å². The summed E-state index contributed by atoms with van der Waals surface area (Å²) in [4.78, 5) is 5.16. The van der Waals surface area contributed by atoms with E-state index >= 15 is 0 Å². The average molecular weight is 166 g/mol.